The van der Waals surface area contributed by atoms with Gasteiger partial charge in [-0.3, -0.25) is 0 Å². The Bertz CT molecular complexity index is 251. The van der Waals surface area contributed by atoms with Crippen LogP contribution >= 0.6 is 0 Å². The summed E-state index contributed by atoms with van der Waals surface area (Å²) in [6, 6.07) is 0.115. The van der Waals surface area contributed by atoms with E-state index in [2.05, 4.69) is 12.2 Å². The molecule has 0 saturated heterocycles. The highest BCUT2D eigenvalue weighted by Gasteiger charge is 2.20. The fourth-order valence-electron chi connectivity index (χ4n) is 1.62. The molecule has 0 aromatic rings. The average molecular weight is 237 g/mol. The van der Waals surface area contributed by atoms with Crippen LogP contribution in [0.1, 0.15) is 26.2 Å². The van der Waals surface area contributed by atoms with Gasteiger partial charge in [0.25, 0.3) is 0 Å². The van der Waals surface area contributed by atoms with Crippen LogP contribution in [0.15, 0.2) is 0 Å². The molecular weight excluding hydrogens is 214 g/mol. The Labute approximate surface area is 93.3 Å². The zero-order chi connectivity index (χ0) is 11.9. The number of methoxy groups -OCH3 is 1. The summed E-state index contributed by atoms with van der Waals surface area (Å²) in [7, 11) is 0.632. The molecular formula is C10H23NO3S. The zero-order valence-corrected chi connectivity index (χ0v) is 10.9. The minimum atomic E-state index is -2.88. The first-order valence-corrected chi connectivity index (χ1v) is 7.38. The fraction of sp³-hybridized carbons (Fsp3) is 1.00. The van der Waals surface area contributed by atoms with Gasteiger partial charge in [0.1, 0.15) is 9.84 Å². The highest BCUT2D eigenvalue weighted by Crippen LogP contribution is 2.10. The Morgan fingerprint density at radius 3 is 2.27 bits per heavy atom. The second-order valence-electron chi connectivity index (χ2n) is 3.88. The van der Waals surface area contributed by atoms with Crippen LogP contribution in [0.2, 0.25) is 0 Å². The predicted molar refractivity (Wildman–Crippen MR) is 62.9 cm³/mol. The molecule has 0 spiro atoms. The molecule has 0 rings (SSSR count). The first-order chi connectivity index (χ1) is 6.94. The number of ether oxygens (including phenoxy) is 1. The third kappa shape index (κ3) is 6.87. The summed E-state index contributed by atoms with van der Waals surface area (Å²) in [5.41, 5.74) is 0. The van der Waals surface area contributed by atoms with E-state index >= 15 is 0 Å². The molecule has 2 atom stereocenters. The maximum Gasteiger partial charge on any atom is 0.147 e. The average Bonchev–Trinajstić information content (AvgIpc) is 2.15. The number of hydrogen-bond donors (Lipinski definition) is 1. The number of nitrogens with one attached hydrogen (secondary N) is 1. The Hall–Kier alpha value is -0.130. The second kappa shape index (κ2) is 7.19. The van der Waals surface area contributed by atoms with Crippen LogP contribution in [-0.2, 0) is 14.6 Å². The summed E-state index contributed by atoms with van der Waals surface area (Å²) >= 11 is 0. The lowest BCUT2D eigenvalue weighted by atomic mass is 10.0. The second-order valence-corrected chi connectivity index (χ2v) is 6.14. The normalized spacial score (nSPS) is 16.3. The van der Waals surface area contributed by atoms with Gasteiger partial charge in [-0.2, -0.15) is 0 Å². The van der Waals surface area contributed by atoms with E-state index in [1.807, 2.05) is 7.05 Å². The molecule has 0 fully saturated rings. The van der Waals surface area contributed by atoms with E-state index in [0.717, 1.165) is 12.8 Å². The van der Waals surface area contributed by atoms with Crippen LogP contribution in [0.4, 0.5) is 0 Å². The summed E-state index contributed by atoms with van der Waals surface area (Å²) in [5, 5.41) is 3.12. The van der Waals surface area contributed by atoms with Crippen LogP contribution in [0.25, 0.3) is 0 Å². The van der Waals surface area contributed by atoms with Gasteiger partial charge in [-0.25, -0.2) is 8.42 Å². The van der Waals surface area contributed by atoms with Crippen molar-refractivity contribution in [1.82, 2.24) is 5.32 Å². The maximum absolute atomic E-state index is 11.1. The van der Waals surface area contributed by atoms with E-state index in [9.17, 15) is 8.42 Å². The van der Waals surface area contributed by atoms with Gasteiger partial charge in [0.15, 0.2) is 0 Å². The van der Waals surface area contributed by atoms with Crippen LogP contribution in [0.5, 0.6) is 0 Å². The molecule has 0 amide bonds. The Morgan fingerprint density at radius 2 is 1.93 bits per heavy atom. The lowest BCUT2D eigenvalue weighted by Gasteiger charge is -2.25. The highest BCUT2D eigenvalue weighted by atomic mass is 32.2. The lowest BCUT2D eigenvalue weighted by molar-refractivity contribution is 0.0623. The van der Waals surface area contributed by atoms with Crippen LogP contribution in [0.3, 0.4) is 0 Å². The molecule has 5 heteroatoms. The molecule has 0 aliphatic heterocycles. The van der Waals surface area contributed by atoms with Crippen LogP contribution in [0, 0.1) is 0 Å². The van der Waals surface area contributed by atoms with Crippen molar-refractivity contribution in [1.29, 1.82) is 0 Å². The Kier molecular flexibility index (Phi) is 7.13. The largest absolute Gasteiger partial charge is 0.380 e. The van der Waals surface area contributed by atoms with E-state index < -0.39 is 9.84 Å². The first kappa shape index (κ1) is 14.9. The molecule has 0 radical (unpaired) electrons. The van der Waals surface area contributed by atoms with Gasteiger partial charge < -0.3 is 10.1 Å². The van der Waals surface area contributed by atoms with E-state index in [0.29, 0.717) is 6.42 Å². The first-order valence-electron chi connectivity index (χ1n) is 5.32. The van der Waals surface area contributed by atoms with Gasteiger partial charge in [0.05, 0.1) is 11.9 Å². The molecule has 0 aromatic heterocycles. The molecule has 2 unspecified atom stereocenters. The van der Waals surface area contributed by atoms with Crippen molar-refractivity contribution < 1.29 is 13.2 Å². The molecule has 92 valence electrons. The van der Waals surface area contributed by atoms with Gasteiger partial charge in [-0.1, -0.05) is 13.3 Å². The molecule has 4 nitrogen and oxygen atoms in total. The highest BCUT2D eigenvalue weighted by molar-refractivity contribution is 7.90. The van der Waals surface area contributed by atoms with Gasteiger partial charge >= 0.3 is 0 Å². The maximum atomic E-state index is 11.1. The quantitative estimate of drug-likeness (QED) is 0.679. The van der Waals surface area contributed by atoms with E-state index in [1.165, 1.54) is 6.26 Å². The number of sulfone groups is 1. The molecule has 0 saturated carbocycles. The third-order valence-electron chi connectivity index (χ3n) is 2.50. The number of hydrogen-bond acceptors (Lipinski definition) is 4. The van der Waals surface area contributed by atoms with Crippen molar-refractivity contribution in [3.63, 3.8) is 0 Å². The zero-order valence-electron chi connectivity index (χ0n) is 10.1. The monoisotopic (exact) mass is 237 g/mol. The van der Waals surface area contributed by atoms with Crippen molar-refractivity contribution in [2.45, 2.75) is 38.3 Å². The minimum absolute atomic E-state index is 0.0988. The van der Waals surface area contributed by atoms with Crippen LogP contribution in [-0.4, -0.2) is 46.7 Å². The molecule has 0 heterocycles. The summed E-state index contributed by atoms with van der Waals surface area (Å²) in [6.45, 7) is 2.09. The minimum Gasteiger partial charge on any atom is -0.380 e. The summed E-state index contributed by atoms with van der Waals surface area (Å²) in [5.74, 6) is 0.210. The van der Waals surface area contributed by atoms with Crippen molar-refractivity contribution in [3.8, 4) is 0 Å². The molecule has 0 aliphatic carbocycles. The fourth-order valence-corrected chi connectivity index (χ4v) is 2.31. The van der Waals surface area contributed by atoms with Crippen molar-refractivity contribution in [2.24, 2.45) is 0 Å². The standard InChI is InChI=1S/C10H23NO3S/c1-5-6-10(14-3)9(11-2)7-8-15(4,12)13/h9-11H,5-8H2,1-4H3. The SMILES string of the molecule is CCCC(OC)C(CCS(C)(=O)=O)NC. The van der Waals surface area contributed by atoms with Gasteiger partial charge in [-0.15, -0.1) is 0 Å². The molecule has 0 bridgehead atoms. The van der Waals surface area contributed by atoms with Crippen molar-refractivity contribution in [3.05, 3.63) is 0 Å². The molecule has 0 aliphatic rings. The summed E-state index contributed by atoms with van der Waals surface area (Å²) in [6.07, 6.45) is 3.96. The number of likely N-dealkylation sites (N-methyl/N-ethyl adjacent to an activating group) is 1. The topological polar surface area (TPSA) is 55.4 Å². The lowest BCUT2D eigenvalue weighted by Crippen LogP contribution is -2.40. The van der Waals surface area contributed by atoms with Gasteiger partial charge in [0.2, 0.25) is 0 Å². The van der Waals surface area contributed by atoms with Crippen LogP contribution < -0.4 is 5.32 Å². The Morgan fingerprint density at radius 1 is 1.33 bits per heavy atom. The predicted octanol–water partition coefficient (Wildman–Crippen LogP) is 0.824. The van der Waals surface area contributed by atoms with Gasteiger partial charge in [0, 0.05) is 19.4 Å². The van der Waals surface area contributed by atoms with E-state index in [-0.39, 0.29) is 17.9 Å². The molecule has 0 aromatic carbocycles. The molecule has 1 N–H and O–H groups in total. The summed E-state index contributed by atoms with van der Waals surface area (Å²) in [4.78, 5) is 0. The Balaban J connectivity index is 4.21. The molecule has 15 heavy (non-hydrogen) atoms. The smallest absolute Gasteiger partial charge is 0.147 e. The van der Waals surface area contributed by atoms with Gasteiger partial charge in [-0.05, 0) is 19.9 Å². The summed E-state index contributed by atoms with van der Waals surface area (Å²) < 4.78 is 27.5. The number of rotatable bonds is 8. The van der Waals surface area contributed by atoms with E-state index in [1.54, 1.807) is 7.11 Å². The van der Waals surface area contributed by atoms with Crippen molar-refractivity contribution >= 4 is 9.84 Å². The van der Waals surface area contributed by atoms with Crippen molar-refractivity contribution in [2.75, 3.05) is 26.2 Å². The third-order valence-corrected chi connectivity index (χ3v) is 3.47. The van der Waals surface area contributed by atoms with E-state index in [4.69, 9.17) is 4.74 Å².